The van der Waals surface area contributed by atoms with Gasteiger partial charge in [-0.05, 0) is 45.0 Å². The number of rotatable bonds is 2. The number of methoxy groups -OCH3 is 1. The van der Waals surface area contributed by atoms with Crippen LogP contribution in [0.2, 0.25) is 0 Å². The van der Waals surface area contributed by atoms with Gasteiger partial charge in [0.15, 0.2) is 0 Å². The maximum absolute atomic E-state index is 12.1. The number of benzene rings is 1. The van der Waals surface area contributed by atoms with Gasteiger partial charge in [-0.15, -0.1) is 0 Å². The van der Waals surface area contributed by atoms with E-state index in [4.69, 9.17) is 4.74 Å². The van der Waals surface area contributed by atoms with Crippen LogP contribution in [0.3, 0.4) is 0 Å². The van der Waals surface area contributed by atoms with Crippen LogP contribution >= 0.6 is 0 Å². The molecular weight excluding hydrogens is 274 g/mol. The summed E-state index contributed by atoms with van der Waals surface area (Å²) < 4.78 is 9.68. The molecule has 0 saturated carbocycles. The summed E-state index contributed by atoms with van der Waals surface area (Å²) in [6.07, 6.45) is -0.732. The van der Waals surface area contributed by atoms with Crippen molar-refractivity contribution in [3.05, 3.63) is 35.4 Å². The van der Waals surface area contributed by atoms with Gasteiger partial charge in [0.1, 0.15) is 5.60 Å². The van der Waals surface area contributed by atoms with Crippen LogP contribution in [0.4, 0.5) is 4.79 Å². The fourth-order valence-corrected chi connectivity index (χ4v) is 1.47. The van der Waals surface area contributed by atoms with Crippen molar-refractivity contribution in [3.8, 4) is 0 Å². The Morgan fingerprint density at radius 3 is 1.90 bits per heavy atom. The largest absolute Gasteiger partial charge is 0.465 e. The third kappa shape index (κ3) is 4.59. The van der Waals surface area contributed by atoms with E-state index in [1.807, 2.05) is 0 Å². The fourth-order valence-electron chi connectivity index (χ4n) is 1.47. The lowest BCUT2D eigenvalue weighted by atomic mass is 10.1. The summed E-state index contributed by atoms with van der Waals surface area (Å²) in [5.74, 6) is -1.00. The number of nitrogens with zero attached hydrogens (tertiary/aromatic N) is 1. The average Bonchev–Trinajstić information content (AvgIpc) is 2.43. The van der Waals surface area contributed by atoms with Crippen LogP contribution < -0.4 is 0 Å². The minimum Gasteiger partial charge on any atom is -0.465 e. The maximum Gasteiger partial charge on any atom is 0.417 e. The minimum atomic E-state index is -0.732. The Morgan fingerprint density at radius 1 is 1.00 bits per heavy atom. The van der Waals surface area contributed by atoms with Gasteiger partial charge in [-0.3, -0.25) is 4.79 Å². The number of esters is 1. The molecule has 1 aromatic rings. The van der Waals surface area contributed by atoms with Gasteiger partial charge in [-0.25, -0.2) is 14.5 Å². The second-order valence-electron chi connectivity index (χ2n) is 5.41. The van der Waals surface area contributed by atoms with Crippen LogP contribution in [-0.4, -0.2) is 42.6 Å². The first kappa shape index (κ1) is 16.7. The standard InChI is InChI=1S/C15H19NO5/c1-15(2,3)21-14(19)16(4)12(17)10-6-8-11(9-7-10)13(18)20-5/h6-9H,1-5H3. The van der Waals surface area contributed by atoms with Gasteiger partial charge in [0, 0.05) is 12.6 Å². The summed E-state index contributed by atoms with van der Waals surface area (Å²) in [7, 11) is 2.61. The summed E-state index contributed by atoms with van der Waals surface area (Å²) in [4.78, 5) is 36.1. The topological polar surface area (TPSA) is 72.9 Å². The van der Waals surface area contributed by atoms with Gasteiger partial charge >= 0.3 is 12.1 Å². The van der Waals surface area contributed by atoms with E-state index in [0.29, 0.717) is 5.56 Å². The first-order valence-electron chi connectivity index (χ1n) is 6.35. The lowest BCUT2D eigenvalue weighted by molar-refractivity contribution is 0.0284. The number of hydrogen-bond donors (Lipinski definition) is 0. The van der Waals surface area contributed by atoms with Crippen molar-refractivity contribution in [1.82, 2.24) is 4.90 Å². The Kier molecular flexibility index (Phi) is 5.07. The van der Waals surface area contributed by atoms with Crippen molar-refractivity contribution in [1.29, 1.82) is 0 Å². The number of carbonyl (C=O) groups is 3. The Hall–Kier alpha value is -2.37. The van der Waals surface area contributed by atoms with Gasteiger partial charge in [0.05, 0.1) is 12.7 Å². The summed E-state index contributed by atoms with van der Waals surface area (Å²) in [6.45, 7) is 5.15. The van der Waals surface area contributed by atoms with Gasteiger partial charge in [-0.2, -0.15) is 0 Å². The van der Waals surface area contributed by atoms with E-state index in [1.54, 1.807) is 20.8 Å². The van der Waals surface area contributed by atoms with Gasteiger partial charge in [0.2, 0.25) is 0 Å². The maximum atomic E-state index is 12.1. The molecule has 0 N–H and O–H groups in total. The quantitative estimate of drug-likeness (QED) is 0.783. The van der Waals surface area contributed by atoms with Gasteiger partial charge < -0.3 is 9.47 Å². The zero-order chi connectivity index (χ0) is 16.2. The van der Waals surface area contributed by atoms with E-state index >= 15 is 0 Å². The summed E-state index contributed by atoms with van der Waals surface area (Å²) in [6, 6.07) is 5.83. The molecule has 0 aromatic heterocycles. The molecule has 1 rings (SSSR count). The summed E-state index contributed by atoms with van der Waals surface area (Å²) >= 11 is 0. The van der Waals surface area contributed by atoms with Crippen LogP contribution in [0.5, 0.6) is 0 Å². The summed E-state index contributed by atoms with van der Waals surface area (Å²) in [5, 5.41) is 0. The highest BCUT2D eigenvalue weighted by molar-refractivity contribution is 6.03. The minimum absolute atomic E-state index is 0.274. The van der Waals surface area contributed by atoms with Crippen molar-refractivity contribution in [2.24, 2.45) is 0 Å². The van der Waals surface area contributed by atoms with Crippen molar-refractivity contribution in [2.75, 3.05) is 14.2 Å². The molecule has 2 amide bonds. The molecule has 114 valence electrons. The van der Waals surface area contributed by atoms with E-state index in [9.17, 15) is 14.4 Å². The lowest BCUT2D eigenvalue weighted by Gasteiger charge is -2.23. The first-order valence-corrected chi connectivity index (χ1v) is 6.35. The second-order valence-corrected chi connectivity index (χ2v) is 5.41. The van der Waals surface area contributed by atoms with Crippen LogP contribution in [0.15, 0.2) is 24.3 Å². The van der Waals surface area contributed by atoms with E-state index in [0.717, 1.165) is 4.90 Å². The second kappa shape index (κ2) is 6.39. The summed E-state index contributed by atoms with van der Waals surface area (Å²) in [5.41, 5.74) is -0.0784. The number of carbonyl (C=O) groups excluding carboxylic acids is 3. The van der Waals surface area contributed by atoms with Crippen molar-refractivity contribution >= 4 is 18.0 Å². The van der Waals surface area contributed by atoms with Crippen LogP contribution in [0.1, 0.15) is 41.5 Å². The molecule has 6 nitrogen and oxygen atoms in total. The van der Waals surface area contributed by atoms with Crippen LogP contribution in [-0.2, 0) is 9.47 Å². The molecule has 21 heavy (non-hydrogen) atoms. The number of imide groups is 1. The molecule has 6 heteroatoms. The monoisotopic (exact) mass is 293 g/mol. The highest BCUT2D eigenvalue weighted by Crippen LogP contribution is 2.12. The Labute approximate surface area is 123 Å². The highest BCUT2D eigenvalue weighted by atomic mass is 16.6. The lowest BCUT2D eigenvalue weighted by Crippen LogP contribution is -2.38. The molecule has 0 unspecified atom stereocenters. The predicted molar refractivity (Wildman–Crippen MR) is 76.1 cm³/mol. The number of amides is 2. The number of hydrogen-bond acceptors (Lipinski definition) is 5. The SMILES string of the molecule is COC(=O)c1ccc(C(=O)N(C)C(=O)OC(C)(C)C)cc1. The third-order valence-electron chi connectivity index (χ3n) is 2.52. The molecule has 0 atom stereocenters. The molecule has 0 bridgehead atoms. The number of ether oxygens (including phenoxy) is 2. The molecule has 0 aliphatic heterocycles. The van der Waals surface area contributed by atoms with Gasteiger partial charge in [0.25, 0.3) is 5.91 Å². The molecule has 1 aromatic carbocycles. The van der Waals surface area contributed by atoms with E-state index < -0.39 is 23.6 Å². The molecule has 0 spiro atoms. The molecule has 0 aliphatic carbocycles. The molecular formula is C15H19NO5. The molecule has 0 heterocycles. The average molecular weight is 293 g/mol. The molecule has 0 saturated heterocycles. The van der Waals surface area contributed by atoms with Gasteiger partial charge in [-0.1, -0.05) is 0 Å². The molecule has 0 aliphatic rings. The third-order valence-corrected chi connectivity index (χ3v) is 2.52. The van der Waals surface area contributed by atoms with E-state index in [2.05, 4.69) is 4.74 Å². The van der Waals surface area contributed by atoms with Crippen LogP contribution in [0.25, 0.3) is 0 Å². The zero-order valence-electron chi connectivity index (χ0n) is 12.8. The van der Waals surface area contributed by atoms with Crippen LogP contribution in [0, 0.1) is 0 Å². The predicted octanol–water partition coefficient (Wildman–Crippen LogP) is 2.48. The van der Waals surface area contributed by atoms with Crippen molar-refractivity contribution in [3.63, 3.8) is 0 Å². The van der Waals surface area contributed by atoms with E-state index in [1.165, 1.54) is 38.4 Å². The zero-order valence-corrected chi connectivity index (χ0v) is 12.8. The van der Waals surface area contributed by atoms with Crippen molar-refractivity contribution < 1.29 is 23.9 Å². The first-order chi connectivity index (χ1) is 9.65. The molecule has 0 fully saturated rings. The smallest absolute Gasteiger partial charge is 0.417 e. The Morgan fingerprint density at radius 2 is 1.48 bits per heavy atom. The molecule has 0 radical (unpaired) electrons. The Bertz CT molecular complexity index is 542. The van der Waals surface area contributed by atoms with Crippen molar-refractivity contribution in [2.45, 2.75) is 26.4 Å². The normalized spacial score (nSPS) is 10.7. The fraction of sp³-hybridized carbons (Fsp3) is 0.400. The van der Waals surface area contributed by atoms with E-state index in [-0.39, 0.29) is 5.56 Å². The Balaban J connectivity index is 2.83. The highest BCUT2D eigenvalue weighted by Gasteiger charge is 2.24.